The van der Waals surface area contributed by atoms with Crippen LogP contribution in [0.2, 0.25) is 0 Å². The Morgan fingerprint density at radius 2 is 2.29 bits per heavy atom. The molecule has 3 N–H and O–H groups in total. The van der Waals surface area contributed by atoms with Crippen LogP contribution < -0.4 is 11.3 Å². The summed E-state index contributed by atoms with van der Waals surface area (Å²) in [7, 11) is 0. The van der Waals surface area contributed by atoms with Gasteiger partial charge in [0.15, 0.2) is 0 Å². The van der Waals surface area contributed by atoms with E-state index in [0.717, 1.165) is 12.1 Å². The smallest absolute Gasteiger partial charge is 0.271 e. The summed E-state index contributed by atoms with van der Waals surface area (Å²) >= 11 is 1.92. The molecule has 0 bridgehead atoms. The number of H-pyrrole nitrogens is 1. The Bertz CT molecular complexity index is 369. The Balaban J connectivity index is 2.23. The van der Waals surface area contributed by atoms with E-state index in [2.05, 4.69) is 4.98 Å². The summed E-state index contributed by atoms with van der Waals surface area (Å²) in [6.45, 7) is 0. The fraction of sp³-hybridized carbons (Fsp3) is 0.500. The Hall–Kier alpha value is -0.900. The number of nitrogens with two attached hydrogens (primary N) is 1. The van der Waals surface area contributed by atoms with Gasteiger partial charge in [0.05, 0.1) is 5.69 Å². The molecule has 0 radical (unpaired) electrons. The van der Waals surface area contributed by atoms with Gasteiger partial charge in [0.1, 0.15) is 0 Å². The lowest BCUT2D eigenvalue weighted by atomic mass is 10.1. The van der Waals surface area contributed by atoms with Crippen molar-refractivity contribution in [1.29, 1.82) is 0 Å². The molecule has 0 aliphatic carbocycles. The average molecular weight is 210 g/mol. The molecule has 0 spiro atoms. The highest BCUT2D eigenvalue weighted by molar-refractivity contribution is 7.99. The molecule has 76 valence electrons. The lowest BCUT2D eigenvalue weighted by molar-refractivity contribution is 0.674. The molecule has 4 heteroatoms. The van der Waals surface area contributed by atoms with Crippen molar-refractivity contribution in [2.45, 2.75) is 24.5 Å². The minimum Gasteiger partial charge on any atom is -0.394 e. The third-order valence-corrected chi connectivity index (χ3v) is 3.91. The van der Waals surface area contributed by atoms with Gasteiger partial charge < -0.3 is 10.7 Å². The fourth-order valence-electron chi connectivity index (χ4n) is 1.67. The van der Waals surface area contributed by atoms with Crippen molar-refractivity contribution in [2.24, 2.45) is 0 Å². The molecule has 1 aromatic heterocycles. The van der Waals surface area contributed by atoms with Crippen molar-refractivity contribution < 1.29 is 0 Å². The van der Waals surface area contributed by atoms with Gasteiger partial charge in [-0.2, -0.15) is 11.8 Å². The van der Waals surface area contributed by atoms with Gasteiger partial charge in [0.25, 0.3) is 5.56 Å². The van der Waals surface area contributed by atoms with E-state index in [9.17, 15) is 4.79 Å². The molecule has 1 aromatic rings. The van der Waals surface area contributed by atoms with Crippen LogP contribution in [0.25, 0.3) is 0 Å². The van der Waals surface area contributed by atoms with E-state index in [-0.39, 0.29) is 5.56 Å². The van der Waals surface area contributed by atoms with Crippen molar-refractivity contribution in [3.05, 3.63) is 28.2 Å². The zero-order chi connectivity index (χ0) is 9.97. The van der Waals surface area contributed by atoms with Gasteiger partial charge in [-0.15, -0.1) is 0 Å². The second-order valence-electron chi connectivity index (χ2n) is 3.55. The van der Waals surface area contributed by atoms with Crippen LogP contribution in [0.5, 0.6) is 0 Å². The zero-order valence-electron chi connectivity index (χ0n) is 7.95. The molecular weight excluding hydrogens is 196 g/mol. The summed E-state index contributed by atoms with van der Waals surface area (Å²) in [5.41, 5.74) is 6.63. The number of aromatic amines is 1. The lowest BCUT2D eigenvalue weighted by Gasteiger charge is -2.20. The first-order valence-electron chi connectivity index (χ1n) is 4.87. The van der Waals surface area contributed by atoms with Crippen LogP contribution in [0, 0.1) is 0 Å². The Morgan fingerprint density at radius 1 is 1.43 bits per heavy atom. The molecule has 1 unspecified atom stereocenters. The third kappa shape index (κ3) is 1.95. The van der Waals surface area contributed by atoms with Gasteiger partial charge >= 0.3 is 0 Å². The van der Waals surface area contributed by atoms with Crippen LogP contribution in [0.1, 0.15) is 30.2 Å². The molecule has 14 heavy (non-hydrogen) atoms. The number of pyridine rings is 1. The summed E-state index contributed by atoms with van der Waals surface area (Å²) in [5.74, 6) is 1.19. The third-order valence-electron chi connectivity index (χ3n) is 2.49. The number of rotatable bonds is 1. The molecular formula is C10H14N2OS. The first kappa shape index (κ1) is 9.65. The minimum atomic E-state index is -0.159. The van der Waals surface area contributed by atoms with Gasteiger partial charge in [0.2, 0.25) is 0 Å². The van der Waals surface area contributed by atoms with E-state index in [1.807, 2.05) is 17.8 Å². The Kier molecular flexibility index (Phi) is 2.82. The van der Waals surface area contributed by atoms with E-state index >= 15 is 0 Å². The standard InChI is InChI=1S/C10H14N2OS/c11-7-4-5-8(12-10(7)13)9-3-1-2-6-14-9/h4-5,9H,1-3,6,11H2,(H,12,13). The minimum absolute atomic E-state index is 0.159. The predicted octanol–water partition coefficient (Wildman–Crippen LogP) is 1.92. The summed E-state index contributed by atoms with van der Waals surface area (Å²) in [4.78, 5) is 14.1. The maximum Gasteiger partial charge on any atom is 0.271 e. The predicted molar refractivity (Wildman–Crippen MR) is 60.5 cm³/mol. The van der Waals surface area contributed by atoms with E-state index in [0.29, 0.717) is 10.9 Å². The number of thioether (sulfide) groups is 1. The first-order valence-corrected chi connectivity index (χ1v) is 5.92. The summed E-state index contributed by atoms with van der Waals surface area (Å²) in [6, 6.07) is 3.63. The van der Waals surface area contributed by atoms with Gasteiger partial charge in [-0.1, -0.05) is 6.42 Å². The SMILES string of the molecule is Nc1ccc(C2CCCCS2)[nH]c1=O. The molecule has 3 nitrogen and oxygen atoms in total. The normalized spacial score (nSPS) is 22.1. The second-order valence-corrected chi connectivity index (χ2v) is 4.86. The molecule has 1 aliphatic rings. The van der Waals surface area contributed by atoms with E-state index in [4.69, 9.17) is 5.73 Å². The molecule has 0 amide bonds. The maximum atomic E-state index is 11.3. The largest absolute Gasteiger partial charge is 0.394 e. The van der Waals surface area contributed by atoms with E-state index in [1.165, 1.54) is 18.6 Å². The van der Waals surface area contributed by atoms with Crippen molar-refractivity contribution in [3.63, 3.8) is 0 Å². The monoisotopic (exact) mass is 210 g/mol. The van der Waals surface area contributed by atoms with Gasteiger partial charge in [0, 0.05) is 10.9 Å². The Labute approximate surface area is 87.1 Å². The van der Waals surface area contributed by atoms with Crippen LogP contribution >= 0.6 is 11.8 Å². The number of nitrogen functional groups attached to an aromatic ring is 1. The van der Waals surface area contributed by atoms with Crippen molar-refractivity contribution in [3.8, 4) is 0 Å². The molecule has 1 saturated heterocycles. The van der Waals surface area contributed by atoms with Crippen LogP contribution in [0.15, 0.2) is 16.9 Å². The highest BCUT2D eigenvalue weighted by Crippen LogP contribution is 2.36. The molecule has 1 aliphatic heterocycles. The molecule has 1 atom stereocenters. The lowest BCUT2D eigenvalue weighted by Crippen LogP contribution is -2.15. The number of hydrogen-bond donors (Lipinski definition) is 2. The molecule has 0 saturated carbocycles. The average Bonchev–Trinajstić information content (AvgIpc) is 2.23. The van der Waals surface area contributed by atoms with E-state index in [1.54, 1.807) is 6.07 Å². The van der Waals surface area contributed by atoms with Crippen molar-refractivity contribution in [1.82, 2.24) is 4.98 Å². The summed E-state index contributed by atoms with van der Waals surface area (Å²) in [5, 5.41) is 0.456. The van der Waals surface area contributed by atoms with Gasteiger partial charge in [-0.3, -0.25) is 4.79 Å². The van der Waals surface area contributed by atoms with Gasteiger partial charge in [-0.05, 0) is 30.7 Å². The zero-order valence-corrected chi connectivity index (χ0v) is 8.77. The van der Waals surface area contributed by atoms with Crippen molar-refractivity contribution in [2.75, 3.05) is 11.5 Å². The number of aromatic nitrogens is 1. The molecule has 0 aromatic carbocycles. The number of nitrogens with one attached hydrogen (secondary N) is 1. The first-order chi connectivity index (χ1) is 6.77. The Morgan fingerprint density at radius 3 is 2.93 bits per heavy atom. The molecule has 2 rings (SSSR count). The second kappa shape index (κ2) is 4.09. The topological polar surface area (TPSA) is 58.9 Å². The van der Waals surface area contributed by atoms with Crippen molar-refractivity contribution >= 4 is 17.4 Å². The number of hydrogen-bond acceptors (Lipinski definition) is 3. The summed E-state index contributed by atoms with van der Waals surface area (Å²) in [6.07, 6.45) is 3.70. The van der Waals surface area contributed by atoms with E-state index < -0.39 is 0 Å². The molecule has 1 fully saturated rings. The fourth-order valence-corrected chi connectivity index (χ4v) is 2.98. The number of anilines is 1. The molecule has 2 heterocycles. The highest BCUT2D eigenvalue weighted by Gasteiger charge is 2.16. The van der Waals surface area contributed by atoms with Crippen LogP contribution in [-0.2, 0) is 0 Å². The van der Waals surface area contributed by atoms with Crippen LogP contribution in [0.4, 0.5) is 5.69 Å². The quantitative estimate of drug-likeness (QED) is 0.744. The van der Waals surface area contributed by atoms with Crippen LogP contribution in [0.3, 0.4) is 0 Å². The summed E-state index contributed by atoms with van der Waals surface area (Å²) < 4.78 is 0. The van der Waals surface area contributed by atoms with Crippen LogP contribution in [-0.4, -0.2) is 10.7 Å². The maximum absolute atomic E-state index is 11.3. The van der Waals surface area contributed by atoms with Gasteiger partial charge in [-0.25, -0.2) is 0 Å². The highest BCUT2D eigenvalue weighted by atomic mass is 32.2.